The summed E-state index contributed by atoms with van der Waals surface area (Å²) in [6.07, 6.45) is 0.160. The first-order chi connectivity index (χ1) is 9.72. The summed E-state index contributed by atoms with van der Waals surface area (Å²) in [6, 6.07) is 2.79. The first-order valence-electron chi connectivity index (χ1n) is 5.89. The van der Waals surface area contributed by atoms with E-state index in [9.17, 15) is 25.0 Å². The second kappa shape index (κ2) is 4.93. The molecule has 1 heterocycles. The minimum Gasteiger partial charge on any atom is -0.470 e. The van der Waals surface area contributed by atoms with Crippen LogP contribution in [0.2, 0.25) is 0 Å². The van der Waals surface area contributed by atoms with E-state index in [-0.39, 0.29) is 5.56 Å². The molecule has 0 N–H and O–H groups in total. The molecular formula is C12H11N3O6. The van der Waals surface area contributed by atoms with Crippen LogP contribution in [0.25, 0.3) is 0 Å². The Morgan fingerprint density at radius 2 is 1.71 bits per heavy atom. The van der Waals surface area contributed by atoms with Crippen LogP contribution >= 0.6 is 0 Å². The van der Waals surface area contributed by atoms with Crippen molar-refractivity contribution in [2.75, 3.05) is 0 Å². The van der Waals surface area contributed by atoms with Crippen molar-refractivity contribution in [3.05, 3.63) is 44.0 Å². The Morgan fingerprint density at radius 3 is 2.10 bits per heavy atom. The van der Waals surface area contributed by atoms with Crippen LogP contribution in [0, 0.1) is 20.2 Å². The molecule has 9 nitrogen and oxygen atoms in total. The summed E-state index contributed by atoms with van der Waals surface area (Å²) in [7, 11) is 0. The standard InChI is InChI=1S/C12H11N3O6/c1-12(2)11(21-6-13-12)10(16)7-3-8(14(17)18)5-9(4-7)15(19)20/h3-6,11H,1-2H3. The quantitative estimate of drug-likeness (QED) is 0.474. The third kappa shape index (κ3) is 2.71. The molecule has 0 aromatic heterocycles. The lowest BCUT2D eigenvalue weighted by molar-refractivity contribution is -0.394. The molecule has 110 valence electrons. The average molecular weight is 293 g/mol. The molecule has 21 heavy (non-hydrogen) atoms. The Balaban J connectivity index is 2.46. The van der Waals surface area contributed by atoms with Crippen molar-refractivity contribution in [1.82, 2.24) is 0 Å². The van der Waals surface area contributed by atoms with Gasteiger partial charge in [-0.05, 0) is 13.8 Å². The predicted molar refractivity (Wildman–Crippen MR) is 71.5 cm³/mol. The van der Waals surface area contributed by atoms with Crippen LogP contribution in [0.1, 0.15) is 24.2 Å². The summed E-state index contributed by atoms with van der Waals surface area (Å²) in [5, 5.41) is 21.6. The van der Waals surface area contributed by atoms with Crippen LogP contribution in [0.3, 0.4) is 0 Å². The molecule has 1 unspecified atom stereocenters. The average Bonchev–Trinajstić information content (AvgIpc) is 2.76. The van der Waals surface area contributed by atoms with E-state index in [0.717, 1.165) is 24.6 Å². The van der Waals surface area contributed by atoms with E-state index >= 15 is 0 Å². The number of nitro benzene ring substituents is 2. The third-order valence-electron chi connectivity index (χ3n) is 3.07. The number of aliphatic imine (C=N–C) groups is 1. The van der Waals surface area contributed by atoms with Crippen molar-refractivity contribution in [1.29, 1.82) is 0 Å². The zero-order valence-electron chi connectivity index (χ0n) is 11.2. The van der Waals surface area contributed by atoms with Gasteiger partial charge in [-0.15, -0.1) is 0 Å². The van der Waals surface area contributed by atoms with Gasteiger partial charge >= 0.3 is 0 Å². The van der Waals surface area contributed by atoms with Crippen molar-refractivity contribution < 1.29 is 19.4 Å². The normalized spacial score (nSPS) is 19.0. The molecule has 0 aliphatic carbocycles. The van der Waals surface area contributed by atoms with Crippen molar-refractivity contribution >= 4 is 23.6 Å². The number of nitro groups is 2. The van der Waals surface area contributed by atoms with Crippen LogP contribution in [-0.2, 0) is 4.74 Å². The van der Waals surface area contributed by atoms with E-state index in [1.54, 1.807) is 13.8 Å². The number of carbonyl (C=O) groups is 1. The summed E-state index contributed by atoms with van der Waals surface area (Å²) in [5.74, 6) is -0.593. The number of hydrogen-bond donors (Lipinski definition) is 0. The van der Waals surface area contributed by atoms with Gasteiger partial charge in [-0.2, -0.15) is 0 Å². The largest absolute Gasteiger partial charge is 0.470 e. The molecule has 0 spiro atoms. The highest BCUT2D eigenvalue weighted by Gasteiger charge is 2.41. The molecule has 1 aliphatic rings. The van der Waals surface area contributed by atoms with E-state index in [1.165, 1.54) is 0 Å². The van der Waals surface area contributed by atoms with Crippen LogP contribution in [0.5, 0.6) is 0 Å². The Labute approximate surface area is 118 Å². The van der Waals surface area contributed by atoms with Gasteiger partial charge in [-0.3, -0.25) is 25.0 Å². The molecule has 9 heteroatoms. The predicted octanol–water partition coefficient (Wildman–Crippen LogP) is 1.89. The van der Waals surface area contributed by atoms with Gasteiger partial charge in [0.1, 0.15) is 5.54 Å². The zero-order valence-corrected chi connectivity index (χ0v) is 11.2. The monoisotopic (exact) mass is 293 g/mol. The SMILES string of the molecule is CC1(C)N=COC1C(=O)c1cc([N+](=O)[O-])cc([N+](=O)[O-])c1. The second-order valence-corrected chi connectivity index (χ2v) is 5.02. The van der Waals surface area contributed by atoms with Gasteiger partial charge in [0.05, 0.1) is 15.9 Å². The molecule has 2 rings (SSSR count). The van der Waals surface area contributed by atoms with Crippen molar-refractivity contribution in [3.63, 3.8) is 0 Å². The first kappa shape index (κ1) is 14.6. The number of nitrogens with zero attached hydrogens (tertiary/aromatic N) is 3. The Kier molecular flexibility index (Phi) is 3.42. The molecular weight excluding hydrogens is 282 g/mol. The minimum atomic E-state index is -0.973. The summed E-state index contributed by atoms with van der Waals surface area (Å²) in [4.78, 5) is 36.4. The molecule has 1 atom stereocenters. The molecule has 1 aromatic rings. The number of carbonyl (C=O) groups excluding carboxylic acids is 1. The Hall–Kier alpha value is -2.84. The number of hydrogen-bond acceptors (Lipinski definition) is 7. The third-order valence-corrected chi connectivity index (χ3v) is 3.07. The highest BCUT2D eigenvalue weighted by molar-refractivity contribution is 6.02. The van der Waals surface area contributed by atoms with E-state index in [2.05, 4.69) is 4.99 Å². The second-order valence-electron chi connectivity index (χ2n) is 5.02. The molecule has 1 aliphatic heterocycles. The lowest BCUT2D eigenvalue weighted by Crippen LogP contribution is -2.38. The molecule has 0 bridgehead atoms. The van der Waals surface area contributed by atoms with Crippen LogP contribution in [0.15, 0.2) is 23.2 Å². The zero-order chi connectivity index (χ0) is 15.8. The summed E-state index contributed by atoms with van der Waals surface area (Å²) < 4.78 is 5.10. The van der Waals surface area contributed by atoms with Gasteiger partial charge < -0.3 is 4.74 Å². The Bertz CT molecular complexity index is 635. The number of benzene rings is 1. The van der Waals surface area contributed by atoms with Gasteiger partial charge in [0.25, 0.3) is 11.4 Å². The fraction of sp³-hybridized carbons (Fsp3) is 0.333. The van der Waals surface area contributed by atoms with E-state index in [1.807, 2.05) is 0 Å². The molecule has 0 amide bonds. The first-order valence-corrected chi connectivity index (χ1v) is 5.89. The molecule has 0 radical (unpaired) electrons. The smallest absolute Gasteiger partial charge is 0.277 e. The fourth-order valence-electron chi connectivity index (χ4n) is 1.94. The van der Waals surface area contributed by atoms with E-state index in [0.29, 0.717) is 0 Å². The maximum Gasteiger partial charge on any atom is 0.277 e. The minimum absolute atomic E-state index is 0.153. The molecule has 0 fully saturated rings. The van der Waals surface area contributed by atoms with Crippen LogP contribution < -0.4 is 0 Å². The van der Waals surface area contributed by atoms with Gasteiger partial charge in [0.15, 0.2) is 12.5 Å². The van der Waals surface area contributed by atoms with Crippen LogP contribution in [-0.4, -0.2) is 33.7 Å². The van der Waals surface area contributed by atoms with Gasteiger partial charge in [0, 0.05) is 17.7 Å². The summed E-state index contributed by atoms with van der Waals surface area (Å²) in [5.41, 5.74) is -2.04. The van der Waals surface area contributed by atoms with Crippen molar-refractivity contribution in [3.8, 4) is 0 Å². The van der Waals surface area contributed by atoms with Crippen molar-refractivity contribution in [2.45, 2.75) is 25.5 Å². The van der Waals surface area contributed by atoms with Gasteiger partial charge in [0.2, 0.25) is 5.78 Å². The number of ether oxygens (including phenoxy) is 1. The molecule has 0 saturated heterocycles. The van der Waals surface area contributed by atoms with E-state index < -0.39 is 38.6 Å². The van der Waals surface area contributed by atoms with E-state index in [4.69, 9.17) is 4.74 Å². The lowest BCUT2D eigenvalue weighted by atomic mass is 9.91. The fourth-order valence-corrected chi connectivity index (χ4v) is 1.94. The lowest BCUT2D eigenvalue weighted by Gasteiger charge is -2.21. The highest BCUT2D eigenvalue weighted by atomic mass is 16.6. The van der Waals surface area contributed by atoms with Gasteiger partial charge in [-0.25, -0.2) is 4.99 Å². The maximum absolute atomic E-state index is 12.4. The molecule has 0 saturated carbocycles. The van der Waals surface area contributed by atoms with Crippen LogP contribution in [0.4, 0.5) is 11.4 Å². The topological polar surface area (TPSA) is 125 Å². The number of rotatable bonds is 4. The molecule has 1 aromatic carbocycles. The Morgan fingerprint density at radius 1 is 1.19 bits per heavy atom. The van der Waals surface area contributed by atoms with Gasteiger partial charge in [-0.1, -0.05) is 0 Å². The maximum atomic E-state index is 12.4. The highest BCUT2D eigenvalue weighted by Crippen LogP contribution is 2.29. The number of Topliss-reactive ketones (excluding diaryl/α,β-unsaturated/α-hetero) is 1. The summed E-state index contributed by atoms with van der Waals surface area (Å²) in [6.45, 7) is 3.32. The summed E-state index contributed by atoms with van der Waals surface area (Å²) >= 11 is 0. The number of non-ortho nitro benzene ring substituents is 2. The van der Waals surface area contributed by atoms with Crippen molar-refractivity contribution in [2.24, 2.45) is 4.99 Å². The number of ketones is 1.